The van der Waals surface area contributed by atoms with Gasteiger partial charge < -0.3 is 18.9 Å². The highest BCUT2D eigenvalue weighted by atomic mass is 16.8. The molecule has 227 valence electrons. The second-order valence-corrected chi connectivity index (χ2v) is 12.5. The van der Waals surface area contributed by atoms with E-state index in [2.05, 4.69) is 37.3 Å². The Morgan fingerprint density at radius 3 is 1.83 bits per heavy atom. The van der Waals surface area contributed by atoms with Gasteiger partial charge in [-0.1, -0.05) is 86.7 Å². The Labute approximate surface area is 251 Å². The Balaban J connectivity index is 1.69. The number of rotatable bonds is 12. The largest absolute Gasteiger partial charge is 0.461 e. The normalized spacial score (nSPS) is 26.1. The van der Waals surface area contributed by atoms with Crippen molar-refractivity contribution in [3.8, 4) is 0 Å². The van der Waals surface area contributed by atoms with Crippen LogP contribution < -0.4 is 0 Å². The molecule has 6 nitrogen and oxygen atoms in total. The lowest BCUT2D eigenvalue weighted by Gasteiger charge is -2.47. The van der Waals surface area contributed by atoms with Crippen molar-refractivity contribution in [2.24, 2.45) is 11.3 Å². The Bertz CT molecular complexity index is 1140. The number of carbonyl (C=O) groups excluding carboxylic acids is 2. The van der Waals surface area contributed by atoms with Crippen LogP contribution in [0.4, 0.5) is 0 Å². The van der Waals surface area contributed by atoms with Gasteiger partial charge in [0.05, 0.1) is 12.2 Å². The Morgan fingerprint density at radius 2 is 1.38 bits per heavy atom. The second-order valence-electron chi connectivity index (χ2n) is 12.5. The van der Waals surface area contributed by atoms with Crippen LogP contribution in [0.2, 0.25) is 0 Å². The van der Waals surface area contributed by atoms with Gasteiger partial charge in [0.1, 0.15) is 0 Å². The average molecular weight is 576 g/mol. The van der Waals surface area contributed by atoms with Gasteiger partial charge in [0.25, 0.3) is 0 Å². The summed E-state index contributed by atoms with van der Waals surface area (Å²) in [7, 11) is 0. The summed E-state index contributed by atoms with van der Waals surface area (Å²) in [6, 6.07) is 20.3. The minimum absolute atomic E-state index is 0.0618. The first-order chi connectivity index (χ1) is 20.1. The smallest absolute Gasteiger partial charge is 0.339 e. The fourth-order valence-corrected chi connectivity index (χ4v) is 6.88. The van der Waals surface area contributed by atoms with E-state index in [9.17, 15) is 9.59 Å². The molecule has 1 aliphatic carbocycles. The third kappa shape index (κ3) is 7.15. The first-order valence-corrected chi connectivity index (χ1v) is 15.5. The third-order valence-corrected chi connectivity index (χ3v) is 8.80. The maximum Gasteiger partial charge on any atom is 0.339 e. The summed E-state index contributed by atoms with van der Waals surface area (Å²) in [5.74, 6) is -2.25. The zero-order chi connectivity index (χ0) is 30.3. The molecule has 6 heteroatoms. The van der Waals surface area contributed by atoms with Crippen molar-refractivity contribution < 1.29 is 28.5 Å². The molecule has 0 amide bonds. The van der Waals surface area contributed by atoms with Crippen molar-refractivity contribution in [2.75, 3.05) is 0 Å². The minimum atomic E-state index is -1.39. The van der Waals surface area contributed by atoms with Crippen LogP contribution >= 0.6 is 0 Å². The van der Waals surface area contributed by atoms with Crippen molar-refractivity contribution in [3.63, 3.8) is 0 Å². The van der Waals surface area contributed by atoms with Crippen LogP contribution in [0.5, 0.6) is 0 Å². The number of carbonyl (C=O) groups is 2. The fraction of sp³-hybridized carbons (Fsp3) is 0.556. The molecule has 42 heavy (non-hydrogen) atoms. The van der Waals surface area contributed by atoms with Crippen LogP contribution in [-0.2, 0) is 34.3 Å². The summed E-state index contributed by atoms with van der Waals surface area (Å²) < 4.78 is 24.2. The molecule has 0 N–H and O–H groups in total. The van der Waals surface area contributed by atoms with E-state index >= 15 is 0 Å². The molecule has 1 heterocycles. The first-order valence-electron chi connectivity index (χ1n) is 15.5. The Kier molecular flexibility index (Phi) is 10.7. The molecular weight excluding hydrogens is 528 g/mol. The topological polar surface area (TPSA) is 71.1 Å². The lowest BCUT2D eigenvalue weighted by Crippen LogP contribution is -2.40. The molecule has 1 saturated carbocycles. The lowest BCUT2D eigenvalue weighted by molar-refractivity contribution is -0.210. The molecule has 1 saturated heterocycles. The number of benzene rings is 2. The summed E-state index contributed by atoms with van der Waals surface area (Å²) in [6.07, 6.45) is 5.05. The highest BCUT2D eigenvalue weighted by Crippen LogP contribution is 2.55. The van der Waals surface area contributed by atoms with Gasteiger partial charge >= 0.3 is 11.9 Å². The molecule has 1 radical (unpaired) electrons. The molecular formula is C36H47O6. The van der Waals surface area contributed by atoms with E-state index in [0.29, 0.717) is 12.3 Å². The van der Waals surface area contributed by atoms with Crippen molar-refractivity contribution in [1.82, 2.24) is 0 Å². The summed E-state index contributed by atoms with van der Waals surface area (Å²) in [6.45, 7) is 15.7. The van der Waals surface area contributed by atoms with E-state index in [1.165, 1.54) is 5.56 Å². The number of hydrogen-bond donors (Lipinski definition) is 0. The summed E-state index contributed by atoms with van der Waals surface area (Å²) in [4.78, 5) is 26.6. The summed E-state index contributed by atoms with van der Waals surface area (Å²) in [5.41, 5.74) is 2.05. The van der Waals surface area contributed by atoms with Gasteiger partial charge in [-0.05, 0) is 82.6 Å². The standard InChI is InChI=1S/C36H47O6/c1-7-21-35(22-19-28(20-23-35)27-15-11-9-12-16-27)29(8-2)24-36(30-17-13-10-14-18-30)41-31(33(37)39-25(3)4)32(42-36)34(38)40-26(5)6/h2,8-18,25-26,28-29,31-32H,7,19-24H2,1,3-6H3/t28?,29?,31-,32-,35?/m1/s1. The van der Waals surface area contributed by atoms with Gasteiger partial charge in [-0.15, -0.1) is 0 Å². The Morgan fingerprint density at radius 1 is 0.881 bits per heavy atom. The van der Waals surface area contributed by atoms with E-state index in [4.69, 9.17) is 25.5 Å². The van der Waals surface area contributed by atoms with Gasteiger partial charge in [-0.2, -0.15) is 0 Å². The van der Waals surface area contributed by atoms with Crippen LogP contribution in [0.15, 0.2) is 66.7 Å². The zero-order valence-corrected chi connectivity index (χ0v) is 25.8. The molecule has 0 aromatic heterocycles. The molecule has 0 bridgehead atoms. The predicted molar refractivity (Wildman–Crippen MR) is 162 cm³/mol. The number of esters is 2. The average Bonchev–Trinajstić information content (AvgIpc) is 3.38. The van der Waals surface area contributed by atoms with Gasteiger partial charge in [-0.25, -0.2) is 9.59 Å². The minimum Gasteiger partial charge on any atom is -0.461 e. The van der Waals surface area contributed by atoms with Crippen LogP contribution in [0.3, 0.4) is 0 Å². The molecule has 1 unspecified atom stereocenters. The molecule has 2 fully saturated rings. The second kappa shape index (κ2) is 14.0. The SMILES string of the molecule is [CH]=CC(CC1(c2ccccc2)O[C@@H](C(=O)OC(C)C)[C@H](C(=O)OC(C)C)O1)C1(CCC)CCC(c2ccccc2)CC1. The number of ether oxygens (including phenoxy) is 4. The van der Waals surface area contributed by atoms with Crippen molar-refractivity contribution in [1.29, 1.82) is 0 Å². The Hall–Kier alpha value is -2.96. The molecule has 4 rings (SSSR count). The molecule has 2 aliphatic rings. The van der Waals surface area contributed by atoms with E-state index < -0.39 is 29.9 Å². The van der Waals surface area contributed by atoms with Crippen LogP contribution in [0.1, 0.15) is 96.6 Å². The zero-order valence-electron chi connectivity index (χ0n) is 25.8. The van der Waals surface area contributed by atoms with Crippen molar-refractivity contribution >= 4 is 11.9 Å². The van der Waals surface area contributed by atoms with Gasteiger partial charge in [-0.3, -0.25) is 0 Å². The van der Waals surface area contributed by atoms with Gasteiger partial charge in [0.15, 0.2) is 18.0 Å². The van der Waals surface area contributed by atoms with E-state index in [-0.39, 0.29) is 23.5 Å². The highest BCUT2D eigenvalue weighted by Gasteiger charge is 2.58. The van der Waals surface area contributed by atoms with E-state index in [1.54, 1.807) is 33.8 Å². The monoisotopic (exact) mass is 575 g/mol. The number of hydrogen-bond acceptors (Lipinski definition) is 6. The van der Waals surface area contributed by atoms with E-state index in [1.807, 2.05) is 30.3 Å². The molecule has 2 aromatic carbocycles. The summed E-state index contributed by atoms with van der Waals surface area (Å²) in [5, 5.41) is 0. The molecule has 2 aromatic rings. The van der Waals surface area contributed by atoms with Gasteiger partial charge in [0, 0.05) is 12.0 Å². The quantitative estimate of drug-likeness (QED) is 0.242. The predicted octanol–water partition coefficient (Wildman–Crippen LogP) is 7.67. The molecule has 0 spiro atoms. The van der Waals surface area contributed by atoms with Crippen molar-refractivity contribution in [3.05, 3.63) is 84.4 Å². The summed E-state index contributed by atoms with van der Waals surface area (Å²) >= 11 is 0. The van der Waals surface area contributed by atoms with E-state index in [0.717, 1.165) is 44.1 Å². The lowest BCUT2D eigenvalue weighted by atomic mass is 9.59. The first kappa shape index (κ1) is 32.0. The van der Waals surface area contributed by atoms with Gasteiger partial charge in [0.2, 0.25) is 0 Å². The fourth-order valence-electron chi connectivity index (χ4n) is 6.88. The van der Waals surface area contributed by atoms with Crippen LogP contribution in [0, 0.1) is 17.9 Å². The highest BCUT2D eigenvalue weighted by molar-refractivity contribution is 5.86. The molecule has 3 atom stereocenters. The maximum atomic E-state index is 13.3. The van der Waals surface area contributed by atoms with Crippen LogP contribution in [-0.4, -0.2) is 36.4 Å². The van der Waals surface area contributed by atoms with Crippen molar-refractivity contribution in [2.45, 2.75) is 116 Å². The maximum absolute atomic E-state index is 13.3. The number of allylic oxidation sites excluding steroid dienone is 1. The molecule has 1 aliphatic heterocycles. The van der Waals surface area contributed by atoms with Crippen LogP contribution in [0.25, 0.3) is 0 Å². The third-order valence-electron chi connectivity index (χ3n) is 8.80.